The van der Waals surface area contributed by atoms with E-state index in [1.165, 1.54) is 11.1 Å². The van der Waals surface area contributed by atoms with E-state index in [0.717, 1.165) is 29.7 Å². The number of amides is 1. The molecule has 1 aliphatic rings. The Kier molecular flexibility index (Phi) is 7.46. The third-order valence-corrected chi connectivity index (χ3v) is 6.81. The van der Waals surface area contributed by atoms with Gasteiger partial charge in [0.25, 0.3) is 5.91 Å². The lowest BCUT2D eigenvalue weighted by Crippen LogP contribution is -2.33. The summed E-state index contributed by atoms with van der Waals surface area (Å²) in [7, 11) is 0. The van der Waals surface area contributed by atoms with Crippen molar-refractivity contribution in [2.75, 3.05) is 6.54 Å². The number of fused-ring (bicyclic) bond motifs is 1. The molecule has 35 heavy (non-hydrogen) atoms. The molecule has 0 radical (unpaired) electrons. The third-order valence-electron chi connectivity index (χ3n) is 6.44. The highest BCUT2D eigenvalue weighted by Gasteiger charge is 2.35. The summed E-state index contributed by atoms with van der Waals surface area (Å²) < 4.78 is 6.32. The second-order valence-corrected chi connectivity index (χ2v) is 9.77. The first-order valence-corrected chi connectivity index (χ1v) is 12.3. The van der Waals surface area contributed by atoms with Crippen LogP contribution in [0.15, 0.2) is 66.7 Å². The average molecular weight is 492 g/mol. The van der Waals surface area contributed by atoms with Gasteiger partial charge in [0.15, 0.2) is 0 Å². The number of hydrogen-bond donors (Lipinski definition) is 1. The Bertz CT molecular complexity index is 1220. The largest absolute Gasteiger partial charge is 0.487 e. The standard InChI is InChI=1S/C29H30ClNO4/c1-3-20-8-10-21(11-9-20)17-29(2)18-24-16-22(12-13-26(24)35-29)28(34)31(15-14-27(32)33)19-23-6-4-5-7-25(23)30/h4-13,16H,3,14-15,17-19H2,1-2H3,(H,32,33)/t29-/m0/s1. The predicted octanol–water partition coefficient (Wildman–Crippen LogP) is 5.96. The minimum atomic E-state index is -0.952. The van der Waals surface area contributed by atoms with E-state index in [1.807, 2.05) is 30.3 Å². The van der Waals surface area contributed by atoms with Gasteiger partial charge < -0.3 is 14.7 Å². The Hall–Kier alpha value is -3.31. The number of carboxylic acids is 1. The fraction of sp³-hybridized carbons (Fsp3) is 0.310. The van der Waals surface area contributed by atoms with Gasteiger partial charge in [0.05, 0.1) is 6.42 Å². The summed E-state index contributed by atoms with van der Waals surface area (Å²) in [6.45, 7) is 4.57. The van der Waals surface area contributed by atoms with Gasteiger partial charge in [-0.1, -0.05) is 61.0 Å². The minimum Gasteiger partial charge on any atom is -0.487 e. The smallest absolute Gasteiger partial charge is 0.305 e. The number of rotatable bonds is 9. The molecule has 1 aliphatic heterocycles. The van der Waals surface area contributed by atoms with Crippen molar-refractivity contribution in [1.82, 2.24) is 4.90 Å². The van der Waals surface area contributed by atoms with Crippen LogP contribution in [-0.4, -0.2) is 34.0 Å². The van der Waals surface area contributed by atoms with Crippen molar-refractivity contribution >= 4 is 23.5 Å². The highest BCUT2D eigenvalue weighted by molar-refractivity contribution is 6.31. The number of carbonyl (C=O) groups is 2. The van der Waals surface area contributed by atoms with E-state index in [9.17, 15) is 14.7 Å². The van der Waals surface area contributed by atoms with E-state index in [-0.39, 0.29) is 25.4 Å². The maximum atomic E-state index is 13.4. The van der Waals surface area contributed by atoms with Crippen molar-refractivity contribution in [2.45, 2.75) is 51.7 Å². The molecule has 5 nitrogen and oxygen atoms in total. The number of ether oxygens (including phenoxy) is 1. The van der Waals surface area contributed by atoms with Gasteiger partial charge in [-0.2, -0.15) is 0 Å². The Morgan fingerprint density at radius 3 is 2.46 bits per heavy atom. The van der Waals surface area contributed by atoms with Crippen LogP contribution in [0, 0.1) is 0 Å². The molecule has 0 fully saturated rings. The predicted molar refractivity (Wildman–Crippen MR) is 137 cm³/mol. The molecule has 0 saturated carbocycles. The summed E-state index contributed by atoms with van der Waals surface area (Å²) in [5, 5.41) is 9.74. The quantitative estimate of drug-likeness (QED) is 0.401. The molecule has 0 spiro atoms. The highest BCUT2D eigenvalue weighted by atomic mass is 35.5. The molecule has 1 amide bonds. The van der Waals surface area contributed by atoms with Crippen molar-refractivity contribution in [3.05, 3.63) is 99.6 Å². The van der Waals surface area contributed by atoms with Gasteiger partial charge in [0.1, 0.15) is 11.4 Å². The fourth-order valence-electron chi connectivity index (χ4n) is 4.58. The molecular weight excluding hydrogens is 462 g/mol. The molecule has 4 rings (SSSR count). The summed E-state index contributed by atoms with van der Waals surface area (Å²) in [6, 6.07) is 21.4. The van der Waals surface area contributed by atoms with Crippen LogP contribution in [0.2, 0.25) is 5.02 Å². The number of nitrogens with zero attached hydrogens (tertiary/aromatic N) is 1. The van der Waals surface area contributed by atoms with E-state index in [2.05, 4.69) is 38.1 Å². The van der Waals surface area contributed by atoms with Crippen LogP contribution in [0.3, 0.4) is 0 Å². The number of carbonyl (C=O) groups excluding carboxylic acids is 1. The summed E-state index contributed by atoms with van der Waals surface area (Å²) in [5.74, 6) is -0.387. The number of hydrogen-bond acceptors (Lipinski definition) is 3. The van der Waals surface area contributed by atoms with Gasteiger partial charge in [0.2, 0.25) is 0 Å². The summed E-state index contributed by atoms with van der Waals surface area (Å²) >= 11 is 6.30. The lowest BCUT2D eigenvalue weighted by molar-refractivity contribution is -0.137. The number of halogens is 1. The van der Waals surface area contributed by atoms with Crippen LogP contribution in [0.4, 0.5) is 0 Å². The fourth-order valence-corrected chi connectivity index (χ4v) is 4.77. The molecule has 0 aromatic heterocycles. The van der Waals surface area contributed by atoms with Gasteiger partial charge in [-0.3, -0.25) is 9.59 Å². The molecule has 3 aromatic carbocycles. The highest BCUT2D eigenvalue weighted by Crippen LogP contribution is 2.38. The third kappa shape index (κ3) is 6.04. The molecule has 6 heteroatoms. The van der Waals surface area contributed by atoms with E-state index >= 15 is 0 Å². The lowest BCUT2D eigenvalue weighted by Gasteiger charge is -2.24. The van der Waals surface area contributed by atoms with Crippen LogP contribution in [0.5, 0.6) is 5.75 Å². The second-order valence-electron chi connectivity index (χ2n) is 9.36. The Morgan fingerprint density at radius 1 is 1.06 bits per heavy atom. The van der Waals surface area contributed by atoms with E-state index < -0.39 is 11.6 Å². The van der Waals surface area contributed by atoms with E-state index in [0.29, 0.717) is 17.0 Å². The molecule has 1 N–H and O–H groups in total. The van der Waals surface area contributed by atoms with Crippen molar-refractivity contribution < 1.29 is 19.4 Å². The van der Waals surface area contributed by atoms with Crippen LogP contribution in [-0.2, 0) is 30.6 Å². The second kappa shape index (κ2) is 10.5. The van der Waals surface area contributed by atoms with E-state index in [4.69, 9.17) is 16.3 Å². The first kappa shape index (κ1) is 24.8. The van der Waals surface area contributed by atoms with Gasteiger partial charge in [-0.05, 0) is 59.9 Å². The summed E-state index contributed by atoms with van der Waals surface area (Å²) in [4.78, 5) is 26.2. The maximum absolute atomic E-state index is 13.4. The van der Waals surface area contributed by atoms with Crippen LogP contribution in [0.1, 0.15) is 52.9 Å². The number of benzene rings is 3. The molecule has 0 aliphatic carbocycles. The monoisotopic (exact) mass is 491 g/mol. The van der Waals surface area contributed by atoms with Crippen molar-refractivity contribution in [1.29, 1.82) is 0 Å². The summed E-state index contributed by atoms with van der Waals surface area (Å²) in [5.41, 5.74) is 4.41. The Labute approximate surface area is 211 Å². The number of aliphatic carboxylic acids is 1. The molecular formula is C29H30ClNO4. The lowest BCUT2D eigenvalue weighted by atomic mass is 9.91. The Morgan fingerprint density at radius 2 is 1.77 bits per heavy atom. The zero-order valence-corrected chi connectivity index (χ0v) is 20.8. The average Bonchev–Trinajstić information content (AvgIpc) is 3.17. The molecule has 182 valence electrons. The van der Waals surface area contributed by atoms with E-state index in [1.54, 1.807) is 17.0 Å². The number of carboxylic acid groups (broad SMARTS) is 1. The van der Waals surface area contributed by atoms with Gasteiger partial charge >= 0.3 is 5.97 Å². The number of aryl methyl sites for hydroxylation is 1. The normalized spacial score (nSPS) is 16.4. The molecule has 1 atom stereocenters. The molecule has 1 heterocycles. The van der Waals surface area contributed by atoms with Crippen LogP contribution >= 0.6 is 11.6 Å². The van der Waals surface area contributed by atoms with Crippen molar-refractivity contribution in [2.24, 2.45) is 0 Å². The maximum Gasteiger partial charge on any atom is 0.305 e. The first-order chi connectivity index (χ1) is 16.8. The summed E-state index contributed by atoms with van der Waals surface area (Å²) in [6.07, 6.45) is 2.33. The van der Waals surface area contributed by atoms with Crippen molar-refractivity contribution in [3.8, 4) is 5.75 Å². The van der Waals surface area contributed by atoms with Crippen LogP contribution < -0.4 is 4.74 Å². The van der Waals surface area contributed by atoms with Crippen molar-refractivity contribution in [3.63, 3.8) is 0 Å². The first-order valence-electron chi connectivity index (χ1n) is 11.9. The molecule has 3 aromatic rings. The Balaban J connectivity index is 1.51. The van der Waals surface area contributed by atoms with Gasteiger partial charge in [0, 0.05) is 36.5 Å². The zero-order chi connectivity index (χ0) is 25.0. The topological polar surface area (TPSA) is 66.8 Å². The van der Waals surface area contributed by atoms with Crippen LogP contribution in [0.25, 0.3) is 0 Å². The molecule has 0 unspecified atom stereocenters. The van der Waals surface area contributed by atoms with Gasteiger partial charge in [-0.15, -0.1) is 0 Å². The minimum absolute atomic E-state index is 0.0957. The van der Waals surface area contributed by atoms with Gasteiger partial charge in [-0.25, -0.2) is 0 Å². The SMILES string of the molecule is CCc1ccc(C[C@@]2(C)Cc3cc(C(=O)N(CCC(=O)O)Cc4ccccc4Cl)ccc3O2)cc1. The zero-order valence-electron chi connectivity index (χ0n) is 20.1. The molecule has 0 saturated heterocycles. The molecule has 0 bridgehead atoms.